The molecule has 1 aromatic carbocycles. The molecule has 0 saturated heterocycles. The van der Waals surface area contributed by atoms with Crippen LogP contribution in [-0.2, 0) is 11.2 Å². The number of aliphatic carboxylic acids is 1. The molecule has 1 N–H and O–H groups in total. The fraction of sp³-hybridized carbons (Fsp3) is 0.611. The highest BCUT2D eigenvalue weighted by atomic mass is 16.4. The highest BCUT2D eigenvalue weighted by molar-refractivity contribution is 5.72. The van der Waals surface area contributed by atoms with Gasteiger partial charge in [0.2, 0.25) is 0 Å². The van der Waals surface area contributed by atoms with Crippen LogP contribution in [0.15, 0.2) is 24.3 Å². The highest BCUT2D eigenvalue weighted by Gasteiger charge is 2.39. The molecular weight excluding hydrogens is 262 g/mol. The third kappa shape index (κ3) is 2.78. The Labute approximate surface area is 127 Å². The molecule has 114 valence electrons. The first-order valence-electron chi connectivity index (χ1n) is 8.13. The lowest BCUT2D eigenvalue weighted by atomic mass is 9.77. The first kappa shape index (κ1) is 14.4. The van der Waals surface area contributed by atoms with Crippen molar-refractivity contribution >= 4 is 11.7 Å². The lowest BCUT2D eigenvalue weighted by molar-refractivity contribution is -0.143. The summed E-state index contributed by atoms with van der Waals surface area (Å²) in [6.07, 6.45) is 3.96. The Balaban J connectivity index is 1.95. The minimum absolute atomic E-state index is 0.148. The molecule has 1 heterocycles. The Morgan fingerprint density at radius 3 is 2.71 bits per heavy atom. The summed E-state index contributed by atoms with van der Waals surface area (Å²) in [7, 11) is 0. The van der Waals surface area contributed by atoms with Gasteiger partial charge in [0, 0.05) is 18.3 Å². The summed E-state index contributed by atoms with van der Waals surface area (Å²) in [5.41, 5.74) is 2.64. The molecule has 0 radical (unpaired) electrons. The van der Waals surface area contributed by atoms with E-state index >= 15 is 0 Å². The number of para-hydroxylation sites is 1. The van der Waals surface area contributed by atoms with Crippen LogP contribution in [0.5, 0.6) is 0 Å². The number of anilines is 1. The Morgan fingerprint density at radius 1 is 1.19 bits per heavy atom. The molecule has 21 heavy (non-hydrogen) atoms. The summed E-state index contributed by atoms with van der Waals surface area (Å²) in [5, 5.41) is 9.61. The van der Waals surface area contributed by atoms with Crippen LogP contribution >= 0.6 is 0 Å². The normalized spacial score (nSPS) is 32.6. The van der Waals surface area contributed by atoms with Crippen LogP contribution in [0.2, 0.25) is 0 Å². The smallest absolute Gasteiger partial charge is 0.308 e. The zero-order valence-corrected chi connectivity index (χ0v) is 13.0. The first-order chi connectivity index (χ1) is 10.1. The lowest BCUT2D eigenvalue weighted by Crippen LogP contribution is -2.50. The number of rotatable bonds is 2. The third-order valence-electron chi connectivity index (χ3n) is 5.17. The summed E-state index contributed by atoms with van der Waals surface area (Å²) in [6, 6.07) is 8.67. The van der Waals surface area contributed by atoms with Crippen LogP contribution in [0.25, 0.3) is 0 Å². The molecule has 3 heteroatoms. The zero-order chi connectivity index (χ0) is 15.0. The topological polar surface area (TPSA) is 40.5 Å². The number of hydrogen-bond donors (Lipinski definition) is 1. The van der Waals surface area contributed by atoms with Crippen molar-refractivity contribution in [2.75, 3.05) is 11.4 Å². The molecule has 1 saturated carbocycles. The van der Waals surface area contributed by atoms with Crippen molar-refractivity contribution in [3.8, 4) is 0 Å². The van der Waals surface area contributed by atoms with Crippen molar-refractivity contribution in [3.05, 3.63) is 29.8 Å². The van der Waals surface area contributed by atoms with Gasteiger partial charge in [0.05, 0.1) is 5.92 Å². The molecule has 3 nitrogen and oxygen atoms in total. The van der Waals surface area contributed by atoms with Gasteiger partial charge in [0.25, 0.3) is 0 Å². The van der Waals surface area contributed by atoms with Crippen molar-refractivity contribution in [1.82, 2.24) is 0 Å². The molecule has 0 bridgehead atoms. The van der Waals surface area contributed by atoms with E-state index < -0.39 is 5.97 Å². The van der Waals surface area contributed by atoms with E-state index in [9.17, 15) is 9.90 Å². The molecule has 4 atom stereocenters. The number of carbonyl (C=O) groups is 1. The van der Waals surface area contributed by atoms with Crippen molar-refractivity contribution in [3.63, 3.8) is 0 Å². The summed E-state index contributed by atoms with van der Waals surface area (Å²) in [6.45, 7) is 5.51. The average molecular weight is 287 g/mol. The molecule has 2 aliphatic rings. The van der Waals surface area contributed by atoms with Crippen LogP contribution in [0.4, 0.5) is 5.69 Å². The molecule has 1 aliphatic carbocycles. The second kappa shape index (κ2) is 5.70. The summed E-state index contributed by atoms with van der Waals surface area (Å²) in [5.74, 6) is 0.365. The Kier molecular flexibility index (Phi) is 3.92. The van der Waals surface area contributed by atoms with E-state index in [1.54, 1.807) is 0 Å². The second-order valence-corrected chi connectivity index (χ2v) is 7.02. The molecule has 0 aromatic heterocycles. The molecular formula is C18H25NO2. The number of nitrogens with zero attached hydrogens (tertiary/aromatic N) is 1. The molecule has 1 aromatic rings. The van der Waals surface area contributed by atoms with Gasteiger partial charge in [-0.1, -0.05) is 32.0 Å². The van der Waals surface area contributed by atoms with Gasteiger partial charge in [-0.15, -0.1) is 0 Å². The van der Waals surface area contributed by atoms with Crippen molar-refractivity contribution in [1.29, 1.82) is 0 Å². The Bertz CT molecular complexity index is 528. The number of fused-ring (bicyclic) bond motifs is 1. The maximum absolute atomic E-state index is 11.7. The van der Waals surface area contributed by atoms with E-state index in [0.29, 0.717) is 11.8 Å². The monoisotopic (exact) mass is 287 g/mol. The number of carboxylic acid groups (broad SMARTS) is 1. The predicted octanol–water partition coefficient (Wildman–Crippen LogP) is 3.57. The van der Waals surface area contributed by atoms with Gasteiger partial charge in [-0.25, -0.2) is 0 Å². The first-order valence-corrected chi connectivity index (χ1v) is 8.13. The van der Waals surface area contributed by atoms with Gasteiger partial charge in [-0.2, -0.15) is 0 Å². The van der Waals surface area contributed by atoms with Crippen LogP contribution in [-0.4, -0.2) is 23.7 Å². The minimum atomic E-state index is -0.623. The van der Waals surface area contributed by atoms with E-state index in [-0.39, 0.29) is 12.0 Å². The molecule has 4 unspecified atom stereocenters. The standard InChI is InChI=1S/C18H25NO2/c1-12-7-8-15(18(20)21)17(10-12)19-11-13(2)9-14-5-3-4-6-16(14)19/h3-6,12-13,15,17H,7-11H2,1-2H3,(H,20,21). The number of hydrogen-bond acceptors (Lipinski definition) is 2. The molecule has 0 spiro atoms. The van der Waals surface area contributed by atoms with Gasteiger partial charge >= 0.3 is 5.97 Å². The van der Waals surface area contributed by atoms with E-state index in [0.717, 1.165) is 32.2 Å². The fourth-order valence-electron chi connectivity index (χ4n) is 4.14. The third-order valence-corrected chi connectivity index (χ3v) is 5.17. The maximum Gasteiger partial charge on any atom is 0.308 e. The van der Waals surface area contributed by atoms with Gasteiger partial charge in [0.15, 0.2) is 0 Å². The maximum atomic E-state index is 11.7. The lowest BCUT2D eigenvalue weighted by Gasteiger charge is -2.45. The van der Waals surface area contributed by atoms with E-state index in [2.05, 4.69) is 43.0 Å². The minimum Gasteiger partial charge on any atom is -0.481 e. The van der Waals surface area contributed by atoms with E-state index in [1.807, 2.05) is 0 Å². The van der Waals surface area contributed by atoms with Crippen LogP contribution in [0.3, 0.4) is 0 Å². The summed E-state index contributed by atoms with van der Waals surface area (Å²) < 4.78 is 0. The van der Waals surface area contributed by atoms with Gasteiger partial charge < -0.3 is 10.0 Å². The highest BCUT2D eigenvalue weighted by Crippen LogP contribution is 2.39. The van der Waals surface area contributed by atoms with E-state index in [1.165, 1.54) is 11.3 Å². The van der Waals surface area contributed by atoms with E-state index in [4.69, 9.17) is 0 Å². The van der Waals surface area contributed by atoms with Crippen LogP contribution < -0.4 is 4.90 Å². The molecule has 0 amide bonds. The van der Waals surface area contributed by atoms with Gasteiger partial charge in [0.1, 0.15) is 0 Å². The summed E-state index contributed by atoms with van der Waals surface area (Å²) >= 11 is 0. The van der Waals surface area contributed by atoms with Crippen LogP contribution in [0.1, 0.15) is 38.7 Å². The number of carboxylic acids is 1. The van der Waals surface area contributed by atoms with Crippen molar-refractivity contribution < 1.29 is 9.90 Å². The van der Waals surface area contributed by atoms with Crippen molar-refractivity contribution in [2.24, 2.45) is 17.8 Å². The SMILES string of the molecule is CC1CCC(C(=O)O)C(N2CC(C)Cc3ccccc32)C1. The average Bonchev–Trinajstić information content (AvgIpc) is 2.45. The molecule has 3 rings (SSSR count). The fourth-order valence-corrected chi connectivity index (χ4v) is 4.14. The Morgan fingerprint density at radius 2 is 1.95 bits per heavy atom. The molecule has 1 fully saturated rings. The predicted molar refractivity (Wildman–Crippen MR) is 84.6 cm³/mol. The van der Waals surface area contributed by atoms with Gasteiger partial charge in [-0.05, 0) is 49.1 Å². The molecule has 1 aliphatic heterocycles. The van der Waals surface area contributed by atoms with Crippen LogP contribution in [0, 0.1) is 17.8 Å². The number of benzene rings is 1. The zero-order valence-electron chi connectivity index (χ0n) is 13.0. The van der Waals surface area contributed by atoms with Crippen molar-refractivity contribution in [2.45, 2.75) is 45.6 Å². The summed E-state index contributed by atoms with van der Waals surface area (Å²) in [4.78, 5) is 14.1. The Hall–Kier alpha value is -1.51. The second-order valence-electron chi connectivity index (χ2n) is 7.02. The quantitative estimate of drug-likeness (QED) is 0.904. The van der Waals surface area contributed by atoms with Gasteiger partial charge in [-0.3, -0.25) is 4.79 Å². The largest absolute Gasteiger partial charge is 0.481 e.